The molecule has 0 unspecified atom stereocenters. The number of ether oxygens (including phenoxy) is 1. The number of nitrogens with one attached hydrogen (secondary N) is 2. The average molecular weight is 464 g/mol. The van der Waals surface area contributed by atoms with Gasteiger partial charge in [-0.15, -0.1) is 0 Å². The minimum absolute atomic E-state index is 0.0478. The van der Waals surface area contributed by atoms with Crippen molar-refractivity contribution in [2.24, 2.45) is 5.92 Å². The monoisotopic (exact) mass is 463 g/mol. The standard InChI is InChI=1S/C25H29N5O4/c1-15(31)25(33)30-10-8-17(9-11-30)29-24(32)19-12-26-23-21(27-14-28-22(19)23)18-4-2-3-5-20(18)34-13-16-6-7-16/h2-5,12,14-17,26,31H,6-11,13H2,1H3,(H,29,32)/t15-/m0/s1. The van der Waals surface area contributed by atoms with Crippen molar-refractivity contribution in [3.05, 3.63) is 42.4 Å². The summed E-state index contributed by atoms with van der Waals surface area (Å²) in [6, 6.07) is 7.74. The number of aromatic amines is 1. The van der Waals surface area contributed by atoms with Crippen LogP contribution in [-0.4, -0.2) is 68.6 Å². The van der Waals surface area contributed by atoms with Gasteiger partial charge in [-0.2, -0.15) is 0 Å². The van der Waals surface area contributed by atoms with E-state index in [2.05, 4.69) is 20.3 Å². The topological polar surface area (TPSA) is 120 Å². The van der Waals surface area contributed by atoms with Crippen LogP contribution in [0.2, 0.25) is 0 Å². The van der Waals surface area contributed by atoms with Crippen molar-refractivity contribution in [1.82, 2.24) is 25.2 Å². The highest BCUT2D eigenvalue weighted by Crippen LogP contribution is 2.35. The summed E-state index contributed by atoms with van der Waals surface area (Å²) < 4.78 is 6.06. The molecule has 5 rings (SSSR count). The molecule has 1 saturated heterocycles. The highest BCUT2D eigenvalue weighted by atomic mass is 16.5. The number of benzene rings is 1. The maximum Gasteiger partial charge on any atom is 0.255 e. The molecule has 9 nitrogen and oxygen atoms in total. The summed E-state index contributed by atoms with van der Waals surface area (Å²) >= 11 is 0. The number of para-hydroxylation sites is 1. The highest BCUT2D eigenvalue weighted by molar-refractivity contribution is 6.07. The number of fused-ring (bicyclic) bond motifs is 1. The predicted molar refractivity (Wildman–Crippen MR) is 126 cm³/mol. The Bertz CT molecular complexity index is 1190. The van der Waals surface area contributed by atoms with E-state index in [1.54, 1.807) is 11.1 Å². The number of hydrogen-bond acceptors (Lipinski definition) is 6. The molecule has 0 spiro atoms. The van der Waals surface area contributed by atoms with Gasteiger partial charge in [0.05, 0.1) is 17.7 Å². The van der Waals surface area contributed by atoms with Gasteiger partial charge in [0.15, 0.2) is 0 Å². The third kappa shape index (κ3) is 4.61. The first-order chi connectivity index (χ1) is 16.5. The van der Waals surface area contributed by atoms with Crippen LogP contribution in [-0.2, 0) is 4.79 Å². The van der Waals surface area contributed by atoms with Gasteiger partial charge < -0.3 is 25.0 Å². The zero-order valence-electron chi connectivity index (χ0n) is 19.2. The zero-order chi connectivity index (χ0) is 23.7. The maximum absolute atomic E-state index is 13.1. The van der Waals surface area contributed by atoms with Gasteiger partial charge in [-0.3, -0.25) is 9.59 Å². The smallest absolute Gasteiger partial charge is 0.255 e. The molecule has 2 aliphatic rings. The number of aliphatic hydroxyl groups excluding tert-OH is 1. The van der Waals surface area contributed by atoms with E-state index in [9.17, 15) is 14.7 Å². The summed E-state index contributed by atoms with van der Waals surface area (Å²) in [7, 11) is 0. The van der Waals surface area contributed by atoms with Gasteiger partial charge in [-0.05, 0) is 50.7 Å². The molecule has 3 heterocycles. The lowest BCUT2D eigenvalue weighted by atomic mass is 10.0. The van der Waals surface area contributed by atoms with E-state index >= 15 is 0 Å². The number of rotatable bonds is 7. The molecule has 2 fully saturated rings. The molecular weight excluding hydrogens is 434 g/mol. The summed E-state index contributed by atoms with van der Waals surface area (Å²) in [5, 5.41) is 12.6. The summed E-state index contributed by atoms with van der Waals surface area (Å²) in [4.78, 5) is 38.8. The summed E-state index contributed by atoms with van der Waals surface area (Å²) in [5.41, 5.74) is 3.26. The van der Waals surface area contributed by atoms with Gasteiger partial charge in [0.1, 0.15) is 29.4 Å². The second-order valence-electron chi connectivity index (χ2n) is 9.15. The second kappa shape index (κ2) is 9.42. The molecule has 34 heavy (non-hydrogen) atoms. The Morgan fingerprint density at radius 3 is 2.71 bits per heavy atom. The number of likely N-dealkylation sites (tertiary alicyclic amines) is 1. The van der Waals surface area contributed by atoms with Crippen molar-refractivity contribution in [2.75, 3.05) is 19.7 Å². The summed E-state index contributed by atoms with van der Waals surface area (Å²) in [6.45, 7) is 3.19. The molecule has 3 aromatic rings. The first kappa shape index (κ1) is 22.3. The third-order valence-electron chi connectivity index (χ3n) is 6.52. The summed E-state index contributed by atoms with van der Waals surface area (Å²) in [6.07, 6.45) is 5.83. The Labute approximate surface area is 197 Å². The van der Waals surface area contributed by atoms with Crippen LogP contribution in [0.25, 0.3) is 22.3 Å². The molecule has 1 aliphatic heterocycles. The molecule has 1 aromatic carbocycles. The van der Waals surface area contributed by atoms with Crippen molar-refractivity contribution in [2.45, 2.75) is 44.8 Å². The van der Waals surface area contributed by atoms with Crippen molar-refractivity contribution in [3.8, 4) is 17.0 Å². The number of carbonyl (C=O) groups is 2. The predicted octanol–water partition coefficient (Wildman–Crippen LogP) is 2.52. The van der Waals surface area contributed by atoms with Crippen molar-refractivity contribution >= 4 is 22.8 Å². The lowest BCUT2D eigenvalue weighted by molar-refractivity contribution is -0.140. The van der Waals surface area contributed by atoms with Gasteiger partial charge in [0.2, 0.25) is 0 Å². The Morgan fingerprint density at radius 1 is 1.21 bits per heavy atom. The van der Waals surface area contributed by atoms with E-state index in [1.807, 2.05) is 24.3 Å². The fraction of sp³-hybridized carbons (Fsp3) is 0.440. The number of carbonyl (C=O) groups excluding carboxylic acids is 2. The van der Waals surface area contributed by atoms with Crippen LogP contribution in [0.4, 0.5) is 0 Å². The molecule has 178 valence electrons. The minimum Gasteiger partial charge on any atom is -0.493 e. The number of H-pyrrole nitrogens is 1. The van der Waals surface area contributed by atoms with Gasteiger partial charge in [0, 0.05) is 30.9 Å². The van der Waals surface area contributed by atoms with E-state index in [-0.39, 0.29) is 17.9 Å². The summed E-state index contributed by atoms with van der Waals surface area (Å²) in [5.74, 6) is 0.922. The molecule has 0 radical (unpaired) electrons. The van der Waals surface area contributed by atoms with Crippen molar-refractivity contribution < 1.29 is 19.4 Å². The number of hydrogen-bond donors (Lipinski definition) is 3. The number of aromatic nitrogens is 3. The van der Waals surface area contributed by atoms with Gasteiger partial charge in [0.25, 0.3) is 11.8 Å². The third-order valence-corrected chi connectivity index (χ3v) is 6.52. The van der Waals surface area contributed by atoms with Gasteiger partial charge in [-0.1, -0.05) is 12.1 Å². The molecule has 1 saturated carbocycles. The Hall–Kier alpha value is -3.46. The van der Waals surface area contributed by atoms with Crippen LogP contribution < -0.4 is 10.1 Å². The first-order valence-electron chi connectivity index (χ1n) is 11.8. The number of amides is 2. The number of aliphatic hydroxyl groups is 1. The Balaban J connectivity index is 1.32. The molecule has 1 atom stereocenters. The van der Waals surface area contributed by atoms with E-state index < -0.39 is 6.10 Å². The molecule has 1 aliphatic carbocycles. The largest absolute Gasteiger partial charge is 0.493 e. The zero-order valence-corrected chi connectivity index (χ0v) is 19.2. The van der Waals surface area contributed by atoms with Crippen LogP contribution >= 0.6 is 0 Å². The molecular formula is C25H29N5O4. The number of piperidine rings is 1. The van der Waals surface area contributed by atoms with E-state index in [1.165, 1.54) is 26.1 Å². The number of nitrogens with zero attached hydrogens (tertiary/aromatic N) is 3. The van der Waals surface area contributed by atoms with E-state index in [0.29, 0.717) is 60.7 Å². The Kier molecular flexibility index (Phi) is 6.19. The molecule has 3 N–H and O–H groups in total. The fourth-order valence-electron chi connectivity index (χ4n) is 4.37. The first-order valence-corrected chi connectivity index (χ1v) is 11.8. The van der Waals surface area contributed by atoms with Crippen molar-refractivity contribution in [3.63, 3.8) is 0 Å². The minimum atomic E-state index is -1.00. The molecule has 2 amide bonds. The average Bonchev–Trinajstić information content (AvgIpc) is 3.58. The fourth-order valence-corrected chi connectivity index (χ4v) is 4.37. The molecule has 0 bridgehead atoms. The van der Waals surface area contributed by atoms with Crippen LogP contribution in [0.3, 0.4) is 0 Å². The van der Waals surface area contributed by atoms with Crippen LogP contribution in [0, 0.1) is 5.92 Å². The van der Waals surface area contributed by atoms with Gasteiger partial charge >= 0.3 is 0 Å². The molecule has 9 heteroatoms. The maximum atomic E-state index is 13.1. The second-order valence-corrected chi connectivity index (χ2v) is 9.15. The lowest BCUT2D eigenvalue weighted by Crippen LogP contribution is -2.48. The van der Waals surface area contributed by atoms with Crippen LogP contribution in [0.15, 0.2) is 36.8 Å². The molecule has 2 aromatic heterocycles. The SMILES string of the molecule is C[C@H](O)C(=O)N1CCC(NC(=O)c2c[nH]c3c(-c4ccccc4OCC4CC4)ncnc23)CC1. The lowest BCUT2D eigenvalue weighted by Gasteiger charge is -2.33. The van der Waals surface area contributed by atoms with E-state index in [0.717, 1.165) is 11.3 Å². The van der Waals surface area contributed by atoms with Gasteiger partial charge in [-0.25, -0.2) is 9.97 Å². The normalized spacial score (nSPS) is 17.5. The quantitative estimate of drug-likeness (QED) is 0.495. The van der Waals surface area contributed by atoms with Crippen LogP contribution in [0.5, 0.6) is 5.75 Å². The highest BCUT2D eigenvalue weighted by Gasteiger charge is 2.27. The van der Waals surface area contributed by atoms with Crippen molar-refractivity contribution in [1.29, 1.82) is 0 Å². The van der Waals surface area contributed by atoms with E-state index in [4.69, 9.17) is 4.74 Å². The Morgan fingerprint density at radius 2 is 1.97 bits per heavy atom. The van der Waals surface area contributed by atoms with Crippen LogP contribution in [0.1, 0.15) is 43.0 Å².